The van der Waals surface area contributed by atoms with E-state index in [1.54, 1.807) is 0 Å². The molecule has 28 heavy (non-hydrogen) atoms. The van der Waals surface area contributed by atoms with E-state index in [1.165, 1.54) is 5.56 Å². The average molecular weight is 387 g/mol. The molecule has 1 aliphatic rings. The molecule has 6 nitrogen and oxygen atoms in total. The summed E-state index contributed by atoms with van der Waals surface area (Å²) in [5, 5.41) is 5.58. The number of amides is 2. The Balaban J connectivity index is 1.99. The third kappa shape index (κ3) is 6.01. The Labute approximate surface area is 169 Å². The number of allylic oxidation sites excluding steroid dienone is 1. The van der Waals surface area contributed by atoms with Gasteiger partial charge >= 0.3 is 0 Å². The first kappa shape index (κ1) is 21.8. The Hall–Kier alpha value is -2.50. The van der Waals surface area contributed by atoms with Crippen LogP contribution < -0.4 is 20.4 Å². The molecule has 1 atom stereocenters. The Morgan fingerprint density at radius 3 is 2.61 bits per heavy atom. The number of hydrogen-bond donors (Lipinski definition) is 2. The maximum atomic E-state index is 12.4. The zero-order valence-corrected chi connectivity index (χ0v) is 17.5. The van der Waals surface area contributed by atoms with Crippen molar-refractivity contribution in [3.05, 3.63) is 36.0 Å². The standard InChI is InChI=1S/C22H34N4O2/c1-17-10-12-20(22(28)24-17)26(4)19-13-11-18(15-21(19)25(2)3)9-7-5-6-8-14-23-16-27/h11,13,15-16,20H,1,5-10,12,14H2,2-4H3,(H,23,27)(H,24,28). The van der Waals surface area contributed by atoms with Gasteiger partial charge in [0.2, 0.25) is 12.3 Å². The van der Waals surface area contributed by atoms with E-state index in [2.05, 4.69) is 45.2 Å². The molecule has 154 valence electrons. The minimum absolute atomic E-state index is 0.0246. The summed E-state index contributed by atoms with van der Waals surface area (Å²) >= 11 is 0. The number of nitrogens with one attached hydrogen (secondary N) is 2. The Morgan fingerprint density at radius 1 is 1.18 bits per heavy atom. The van der Waals surface area contributed by atoms with Crippen LogP contribution in [0.3, 0.4) is 0 Å². The molecule has 0 bridgehead atoms. The lowest BCUT2D eigenvalue weighted by molar-refractivity contribution is -0.122. The van der Waals surface area contributed by atoms with Crippen LogP contribution in [0.4, 0.5) is 11.4 Å². The van der Waals surface area contributed by atoms with Crippen molar-refractivity contribution in [2.75, 3.05) is 37.5 Å². The Morgan fingerprint density at radius 2 is 1.93 bits per heavy atom. The first-order chi connectivity index (χ1) is 13.4. The van der Waals surface area contributed by atoms with Crippen LogP contribution in [-0.2, 0) is 16.0 Å². The minimum Gasteiger partial charge on any atom is -0.376 e. The number of carbonyl (C=O) groups is 2. The third-order valence-corrected chi connectivity index (χ3v) is 5.31. The average Bonchev–Trinajstić information content (AvgIpc) is 2.66. The number of unbranched alkanes of at least 4 members (excludes halogenated alkanes) is 3. The highest BCUT2D eigenvalue weighted by molar-refractivity contribution is 5.89. The molecule has 0 saturated carbocycles. The van der Waals surface area contributed by atoms with E-state index in [1.807, 2.05) is 21.1 Å². The number of nitrogens with zero attached hydrogens (tertiary/aromatic N) is 2. The molecule has 2 amide bonds. The fourth-order valence-electron chi connectivity index (χ4n) is 3.65. The van der Waals surface area contributed by atoms with Crippen molar-refractivity contribution in [2.45, 2.75) is 51.0 Å². The summed E-state index contributed by atoms with van der Waals surface area (Å²) in [6.07, 6.45) is 7.85. The van der Waals surface area contributed by atoms with E-state index in [0.29, 0.717) is 0 Å². The third-order valence-electron chi connectivity index (χ3n) is 5.31. The van der Waals surface area contributed by atoms with Crippen molar-refractivity contribution in [1.82, 2.24) is 10.6 Å². The molecule has 1 aromatic carbocycles. The molecule has 1 unspecified atom stereocenters. The molecule has 0 aromatic heterocycles. The minimum atomic E-state index is -0.171. The monoisotopic (exact) mass is 386 g/mol. The lowest BCUT2D eigenvalue weighted by Gasteiger charge is -2.35. The predicted molar refractivity (Wildman–Crippen MR) is 116 cm³/mol. The molecule has 1 saturated heterocycles. The van der Waals surface area contributed by atoms with Gasteiger partial charge in [-0.2, -0.15) is 0 Å². The van der Waals surface area contributed by atoms with Gasteiger partial charge in [-0.1, -0.05) is 25.5 Å². The number of aryl methyl sites for hydroxylation is 1. The van der Waals surface area contributed by atoms with E-state index >= 15 is 0 Å². The number of piperidine rings is 1. The molecule has 6 heteroatoms. The normalized spacial score (nSPS) is 16.5. The largest absolute Gasteiger partial charge is 0.376 e. The molecular weight excluding hydrogens is 352 g/mol. The molecule has 0 radical (unpaired) electrons. The van der Waals surface area contributed by atoms with Gasteiger partial charge < -0.3 is 20.4 Å². The number of benzene rings is 1. The van der Waals surface area contributed by atoms with Crippen LogP contribution in [0.2, 0.25) is 0 Å². The molecule has 1 heterocycles. The van der Waals surface area contributed by atoms with E-state index < -0.39 is 0 Å². The van der Waals surface area contributed by atoms with Crippen LogP contribution in [0, 0.1) is 0 Å². The van der Waals surface area contributed by atoms with Crippen LogP contribution in [0.15, 0.2) is 30.5 Å². The zero-order chi connectivity index (χ0) is 20.5. The van der Waals surface area contributed by atoms with Crippen molar-refractivity contribution >= 4 is 23.7 Å². The summed E-state index contributed by atoms with van der Waals surface area (Å²) in [4.78, 5) is 26.8. The van der Waals surface area contributed by atoms with Crippen LogP contribution in [0.1, 0.15) is 44.1 Å². The maximum absolute atomic E-state index is 12.4. The van der Waals surface area contributed by atoms with Crippen molar-refractivity contribution in [1.29, 1.82) is 0 Å². The molecule has 0 aliphatic carbocycles. The van der Waals surface area contributed by atoms with Gasteiger partial charge in [0.25, 0.3) is 0 Å². The second-order valence-corrected chi connectivity index (χ2v) is 7.71. The van der Waals surface area contributed by atoms with Crippen molar-refractivity contribution in [3.63, 3.8) is 0 Å². The van der Waals surface area contributed by atoms with Gasteiger partial charge in [0.05, 0.1) is 11.4 Å². The molecule has 2 rings (SSSR count). The summed E-state index contributed by atoms with van der Waals surface area (Å²) in [5.41, 5.74) is 4.32. The Kier molecular flexibility index (Phi) is 8.36. The summed E-state index contributed by atoms with van der Waals surface area (Å²) in [7, 11) is 6.08. The highest BCUT2D eigenvalue weighted by Crippen LogP contribution is 2.32. The molecule has 1 aliphatic heterocycles. The van der Waals surface area contributed by atoms with Crippen molar-refractivity contribution in [3.8, 4) is 0 Å². The smallest absolute Gasteiger partial charge is 0.246 e. The SMILES string of the molecule is C=C1CCC(N(C)c2ccc(CCCCCCNC=O)cc2N(C)C)C(=O)N1. The van der Waals surface area contributed by atoms with Gasteiger partial charge in [0, 0.05) is 33.4 Å². The van der Waals surface area contributed by atoms with Gasteiger partial charge in [-0.3, -0.25) is 9.59 Å². The molecule has 1 aromatic rings. The molecule has 2 N–H and O–H groups in total. The van der Waals surface area contributed by atoms with Crippen molar-refractivity contribution < 1.29 is 9.59 Å². The number of carbonyl (C=O) groups excluding carboxylic acids is 2. The number of rotatable bonds is 11. The summed E-state index contributed by atoms with van der Waals surface area (Å²) in [6.45, 7) is 4.63. The van der Waals surface area contributed by atoms with Crippen LogP contribution in [0.5, 0.6) is 0 Å². The lowest BCUT2D eigenvalue weighted by atomic mass is 10.0. The number of hydrogen-bond acceptors (Lipinski definition) is 4. The topological polar surface area (TPSA) is 64.7 Å². The first-order valence-corrected chi connectivity index (χ1v) is 10.1. The van der Waals surface area contributed by atoms with Crippen molar-refractivity contribution in [2.24, 2.45) is 0 Å². The lowest BCUT2D eigenvalue weighted by Crippen LogP contribution is -2.48. The van der Waals surface area contributed by atoms with Gasteiger partial charge in [-0.15, -0.1) is 0 Å². The van der Waals surface area contributed by atoms with Crippen LogP contribution in [0.25, 0.3) is 0 Å². The van der Waals surface area contributed by atoms with Crippen LogP contribution >= 0.6 is 0 Å². The highest BCUT2D eigenvalue weighted by atomic mass is 16.2. The van der Waals surface area contributed by atoms with E-state index in [0.717, 1.165) is 75.0 Å². The summed E-state index contributed by atoms with van der Waals surface area (Å²) < 4.78 is 0. The highest BCUT2D eigenvalue weighted by Gasteiger charge is 2.29. The number of likely N-dealkylation sites (N-methyl/N-ethyl adjacent to an activating group) is 1. The summed E-state index contributed by atoms with van der Waals surface area (Å²) in [6, 6.07) is 6.37. The number of anilines is 2. The summed E-state index contributed by atoms with van der Waals surface area (Å²) in [5.74, 6) is 0.0246. The van der Waals surface area contributed by atoms with E-state index in [9.17, 15) is 9.59 Å². The fourth-order valence-corrected chi connectivity index (χ4v) is 3.65. The first-order valence-electron chi connectivity index (χ1n) is 10.1. The van der Waals surface area contributed by atoms with Crippen LogP contribution in [-0.4, -0.2) is 46.0 Å². The second kappa shape index (κ2) is 10.7. The quantitative estimate of drug-likeness (QED) is 0.453. The zero-order valence-electron chi connectivity index (χ0n) is 17.5. The molecule has 0 spiro atoms. The predicted octanol–water partition coefficient (Wildman–Crippen LogP) is 2.83. The van der Waals surface area contributed by atoms with Gasteiger partial charge in [0.1, 0.15) is 6.04 Å². The van der Waals surface area contributed by atoms with E-state index in [-0.39, 0.29) is 11.9 Å². The molecule has 1 fully saturated rings. The van der Waals surface area contributed by atoms with Gasteiger partial charge in [-0.25, -0.2) is 0 Å². The maximum Gasteiger partial charge on any atom is 0.246 e. The molecular formula is C22H34N4O2. The van der Waals surface area contributed by atoms with Gasteiger partial charge in [0.15, 0.2) is 0 Å². The van der Waals surface area contributed by atoms with E-state index in [4.69, 9.17) is 0 Å². The Bertz CT molecular complexity index is 687. The second-order valence-electron chi connectivity index (χ2n) is 7.71. The van der Waals surface area contributed by atoms with Gasteiger partial charge in [-0.05, 0) is 49.8 Å². The fraction of sp³-hybridized carbons (Fsp3) is 0.545.